The molecular formula is C18H10Cl2N4O2S. The van der Waals surface area contributed by atoms with Crippen LogP contribution in [0.3, 0.4) is 0 Å². The summed E-state index contributed by atoms with van der Waals surface area (Å²) >= 11 is 13.4. The SMILES string of the molecule is N#Cc1c(Cl)nc(SCc2ccc([N+](=O)[O-])cc2)nc1-c1ccc(Cl)cc1. The van der Waals surface area contributed by atoms with Crippen LogP contribution in [-0.2, 0) is 5.75 Å². The number of nitro groups is 1. The highest BCUT2D eigenvalue weighted by Crippen LogP contribution is 2.30. The first-order valence-corrected chi connectivity index (χ1v) is 9.32. The van der Waals surface area contributed by atoms with Gasteiger partial charge in [-0.3, -0.25) is 10.1 Å². The highest BCUT2D eigenvalue weighted by Gasteiger charge is 2.15. The molecule has 0 saturated carbocycles. The first-order valence-electron chi connectivity index (χ1n) is 7.57. The molecule has 0 aliphatic rings. The summed E-state index contributed by atoms with van der Waals surface area (Å²) in [6.45, 7) is 0. The van der Waals surface area contributed by atoms with Crippen LogP contribution in [0.1, 0.15) is 11.1 Å². The Morgan fingerprint density at radius 2 is 1.74 bits per heavy atom. The van der Waals surface area contributed by atoms with Gasteiger partial charge in [-0.05, 0) is 17.7 Å². The van der Waals surface area contributed by atoms with Crippen molar-refractivity contribution in [1.29, 1.82) is 5.26 Å². The summed E-state index contributed by atoms with van der Waals surface area (Å²) in [5.41, 5.74) is 2.24. The summed E-state index contributed by atoms with van der Waals surface area (Å²) in [6.07, 6.45) is 0. The number of hydrogen-bond acceptors (Lipinski definition) is 6. The summed E-state index contributed by atoms with van der Waals surface area (Å²) in [4.78, 5) is 18.9. The molecule has 27 heavy (non-hydrogen) atoms. The third-order valence-corrected chi connectivity index (χ3v) is 5.03. The van der Waals surface area contributed by atoms with Crippen molar-refractivity contribution in [2.75, 3.05) is 0 Å². The van der Waals surface area contributed by atoms with Gasteiger partial charge in [-0.1, -0.05) is 59.2 Å². The molecule has 0 fully saturated rings. The first-order chi connectivity index (χ1) is 13.0. The summed E-state index contributed by atoms with van der Waals surface area (Å²) in [6, 6.07) is 15.2. The van der Waals surface area contributed by atoms with Gasteiger partial charge in [-0.15, -0.1) is 0 Å². The lowest BCUT2D eigenvalue weighted by molar-refractivity contribution is -0.384. The summed E-state index contributed by atoms with van der Waals surface area (Å²) in [5.74, 6) is 0.500. The zero-order valence-electron chi connectivity index (χ0n) is 13.6. The molecule has 0 aliphatic carbocycles. The second-order valence-electron chi connectivity index (χ2n) is 5.35. The van der Waals surface area contributed by atoms with Gasteiger partial charge in [0.25, 0.3) is 5.69 Å². The van der Waals surface area contributed by atoms with Gasteiger partial charge in [0, 0.05) is 28.5 Å². The van der Waals surface area contributed by atoms with Gasteiger partial charge in [-0.2, -0.15) is 5.26 Å². The summed E-state index contributed by atoms with van der Waals surface area (Å²) < 4.78 is 0. The van der Waals surface area contributed by atoms with Crippen LogP contribution in [-0.4, -0.2) is 14.9 Å². The third-order valence-electron chi connectivity index (χ3n) is 3.59. The van der Waals surface area contributed by atoms with Gasteiger partial charge in [0.05, 0.1) is 10.6 Å². The number of thioether (sulfide) groups is 1. The van der Waals surface area contributed by atoms with Gasteiger partial charge in [-0.25, -0.2) is 9.97 Å². The van der Waals surface area contributed by atoms with E-state index in [4.69, 9.17) is 23.2 Å². The molecule has 0 radical (unpaired) electrons. The molecule has 0 atom stereocenters. The molecule has 0 aliphatic heterocycles. The highest BCUT2D eigenvalue weighted by atomic mass is 35.5. The van der Waals surface area contributed by atoms with Gasteiger partial charge < -0.3 is 0 Å². The molecule has 0 unspecified atom stereocenters. The number of nitrogens with zero attached hydrogens (tertiary/aromatic N) is 4. The van der Waals surface area contributed by atoms with E-state index in [1.807, 2.05) is 6.07 Å². The van der Waals surface area contributed by atoms with E-state index in [9.17, 15) is 15.4 Å². The molecule has 9 heteroatoms. The average Bonchev–Trinajstić information content (AvgIpc) is 2.67. The van der Waals surface area contributed by atoms with Crippen LogP contribution in [0, 0.1) is 21.4 Å². The second-order valence-corrected chi connectivity index (χ2v) is 7.09. The Bertz CT molecular complexity index is 1030. The van der Waals surface area contributed by atoms with Crippen LogP contribution in [0.15, 0.2) is 53.7 Å². The van der Waals surface area contributed by atoms with Gasteiger partial charge in [0.15, 0.2) is 10.3 Å². The lowest BCUT2D eigenvalue weighted by Crippen LogP contribution is -1.97. The van der Waals surface area contributed by atoms with E-state index in [1.54, 1.807) is 36.4 Å². The normalized spacial score (nSPS) is 10.4. The van der Waals surface area contributed by atoms with Gasteiger partial charge in [0.1, 0.15) is 11.6 Å². The first kappa shape index (κ1) is 19.1. The van der Waals surface area contributed by atoms with E-state index in [0.717, 1.165) is 5.56 Å². The minimum Gasteiger partial charge on any atom is -0.258 e. The molecule has 6 nitrogen and oxygen atoms in total. The number of hydrogen-bond donors (Lipinski definition) is 0. The number of nitro benzene ring substituents is 1. The minimum atomic E-state index is -0.446. The van der Waals surface area contributed by atoms with Crippen LogP contribution < -0.4 is 0 Å². The maximum atomic E-state index is 10.7. The van der Waals surface area contributed by atoms with Crippen LogP contribution in [0.25, 0.3) is 11.3 Å². The smallest absolute Gasteiger partial charge is 0.258 e. The fourth-order valence-corrected chi connectivity index (χ4v) is 3.44. The van der Waals surface area contributed by atoms with Crippen molar-refractivity contribution in [2.24, 2.45) is 0 Å². The van der Waals surface area contributed by atoms with Crippen LogP contribution in [0.5, 0.6) is 0 Å². The molecule has 0 spiro atoms. The van der Waals surface area contributed by atoms with Crippen molar-refractivity contribution in [3.8, 4) is 17.3 Å². The van der Waals surface area contributed by atoms with E-state index in [0.29, 0.717) is 27.2 Å². The van der Waals surface area contributed by atoms with Gasteiger partial charge in [0.2, 0.25) is 0 Å². The average molecular weight is 417 g/mol. The fraction of sp³-hybridized carbons (Fsp3) is 0.0556. The molecule has 1 aromatic heterocycles. The molecule has 0 N–H and O–H groups in total. The number of nitriles is 1. The number of aromatic nitrogens is 2. The Hall–Kier alpha value is -2.66. The van der Waals surface area contributed by atoms with E-state index in [1.165, 1.54) is 23.9 Å². The Kier molecular flexibility index (Phi) is 5.91. The molecule has 0 bridgehead atoms. The maximum absolute atomic E-state index is 10.7. The van der Waals surface area contributed by atoms with Crippen LogP contribution >= 0.6 is 35.0 Å². The predicted molar refractivity (Wildman–Crippen MR) is 105 cm³/mol. The summed E-state index contributed by atoms with van der Waals surface area (Å²) in [7, 11) is 0. The lowest BCUT2D eigenvalue weighted by Gasteiger charge is -2.08. The van der Waals surface area contributed by atoms with E-state index in [-0.39, 0.29) is 16.4 Å². The summed E-state index contributed by atoms with van der Waals surface area (Å²) in [5, 5.41) is 21.1. The predicted octanol–water partition coefficient (Wildman–Crippen LogP) is 5.52. The molecule has 0 amide bonds. The van der Waals surface area contributed by atoms with E-state index < -0.39 is 4.92 Å². The topological polar surface area (TPSA) is 92.7 Å². The molecule has 0 saturated heterocycles. The van der Waals surface area contributed by atoms with Crippen molar-refractivity contribution in [3.63, 3.8) is 0 Å². The number of rotatable bonds is 5. The number of non-ortho nitro benzene ring substituents is 1. The fourth-order valence-electron chi connectivity index (χ4n) is 2.26. The largest absolute Gasteiger partial charge is 0.269 e. The number of benzene rings is 2. The second kappa shape index (κ2) is 8.35. The maximum Gasteiger partial charge on any atom is 0.269 e. The van der Waals surface area contributed by atoms with Gasteiger partial charge >= 0.3 is 0 Å². The monoisotopic (exact) mass is 416 g/mol. The molecular weight excluding hydrogens is 407 g/mol. The van der Waals surface area contributed by atoms with Crippen molar-refractivity contribution >= 4 is 40.7 Å². The molecule has 2 aromatic carbocycles. The minimum absolute atomic E-state index is 0.0337. The van der Waals surface area contributed by atoms with Crippen molar-refractivity contribution in [2.45, 2.75) is 10.9 Å². The lowest BCUT2D eigenvalue weighted by atomic mass is 10.1. The van der Waals surface area contributed by atoms with E-state index in [2.05, 4.69) is 9.97 Å². The van der Waals surface area contributed by atoms with Crippen molar-refractivity contribution in [3.05, 3.63) is 79.9 Å². The number of halogens is 2. The third kappa shape index (κ3) is 4.55. The quantitative estimate of drug-likeness (QED) is 0.178. The van der Waals surface area contributed by atoms with Crippen molar-refractivity contribution in [1.82, 2.24) is 9.97 Å². The Morgan fingerprint density at radius 3 is 2.33 bits per heavy atom. The van der Waals surface area contributed by atoms with Crippen LogP contribution in [0.2, 0.25) is 10.2 Å². The zero-order valence-corrected chi connectivity index (χ0v) is 15.9. The molecule has 3 rings (SSSR count). The van der Waals surface area contributed by atoms with Crippen molar-refractivity contribution < 1.29 is 4.92 Å². The van der Waals surface area contributed by atoms with Crippen LogP contribution in [0.4, 0.5) is 5.69 Å². The standard InChI is InChI=1S/C18H10Cl2N4O2S/c19-13-5-3-12(4-6-13)16-15(9-21)17(20)23-18(22-16)27-10-11-1-7-14(8-2-11)24(25)26/h1-8H,10H2. The van der Waals surface area contributed by atoms with E-state index >= 15 is 0 Å². The zero-order chi connectivity index (χ0) is 19.4. The highest BCUT2D eigenvalue weighted by molar-refractivity contribution is 7.98. The Morgan fingerprint density at radius 1 is 1.07 bits per heavy atom. The molecule has 1 heterocycles. The Balaban J connectivity index is 1.87. The Labute approximate surface area is 168 Å². The molecule has 3 aromatic rings. The molecule has 134 valence electrons.